The lowest BCUT2D eigenvalue weighted by atomic mass is 9.92. The van der Waals surface area contributed by atoms with E-state index in [0.29, 0.717) is 13.0 Å². The normalized spacial score (nSPS) is 29.5. The van der Waals surface area contributed by atoms with Gasteiger partial charge >= 0.3 is 0 Å². The average Bonchev–Trinajstić information content (AvgIpc) is 2.89. The summed E-state index contributed by atoms with van der Waals surface area (Å²) in [7, 11) is -2.95. The second kappa shape index (κ2) is 7.51. The maximum absolute atomic E-state index is 13.0. The first-order chi connectivity index (χ1) is 11.1. The van der Waals surface area contributed by atoms with Crippen molar-refractivity contribution in [1.29, 1.82) is 0 Å². The maximum atomic E-state index is 13.0. The fraction of sp³-hybridized carbons (Fsp3) is 0.941. The van der Waals surface area contributed by atoms with E-state index in [0.717, 1.165) is 38.8 Å². The Balaban J connectivity index is 1.69. The van der Waals surface area contributed by atoms with Gasteiger partial charge in [0, 0.05) is 12.1 Å². The minimum atomic E-state index is -2.95. The van der Waals surface area contributed by atoms with Crippen LogP contribution in [-0.2, 0) is 14.6 Å². The smallest absolute Gasteiger partial charge is 0.237 e. The Hall–Kier alpha value is -0.620. The van der Waals surface area contributed by atoms with Gasteiger partial charge in [0.1, 0.15) is 0 Å². The first kappa shape index (κ1) is 17.2. The number of sulfone groups is 1. The zero-order valence-electron chi connectivity index (χ0n) is 14.1. The molecule has 0 unspecified atom stereocenters. The molecule has 3 aliphatic rings. The fourth-order valence-corrected chi connectivity index (χ4v) is 6.16. The predicted octanol–water partition coefficient (Wildman–Crippen LogP) is 1.82. The van der Waals surface area contributed by atoms with Crippen molar-refractivity contribution >= 4 is 15.7 Å². The third-order valence-electron chi connectivity index (χ3n) is 5.67. The number of piperidine rings is 1. The third kappa shape index (κ3) is 4.47. The van der Waals surface area contributed by atoms with Gasteiger partial charge in [0.25, 0.3) is 0 Å². The Morgan fingerprint density at radius 3 is 2.17 bits per heavy atom. The Bertz CT molecular complexity index is 508. The van der Waals surface area contributed by atoms with E-state index in [1.807, 2.05) is 4.90 Å². The lowest BCUT2D eigenvalue weighted by molar-refractivity contribution is -0.138. The highest BCUT2D eigenvalue weighted by Gasteiger charge is 2.38. The molecule has 1 saturated carbocycles. The summed E-state index contributed by atoms with van der Waals surface area (Å²) in [6.45, 7) is 2.49. The van der Waals surface area contributed by atoms with Gasteiger partial charge in [-0.05, 0) is 45.2 Å². The number of amides is 1. The average molecular weight is 343 g/mol. The van der Waals surface area contributed by atoms with Crippen molar-refractivity contribution < 1.29 is 13.2 Å². The minimum absolute atomic E-state index is 0.0830. The lowest BCUT2D eigenvalue weighted by Gasteiger charge is -2.39. The van der Waals surface area contributed by atoms with Gasteiger partial charge < -0.3 is 4.90 Å². The highest BCUT2D eigenvalue weighted by molar-refractivity contribution is 7.91. The molecule has 0 N–H and O–H groups in total. The Morgan fingerprint density at radius 1 is 0.913 bits per heavy atom. The van der Waals surface area contributed by atoms with Crippen LogP contribution in [0.2, 0.25) is 0 Å². The van der Waals surface area contributed by atoms with Crippen LogP contribution < -0.4 is 0 Å². The molecule has 5 nitrogen and oxygen atoms in total. The maximum Gasteiger partial charge on any atom is 0.237 e. The van der Waals surface area contributed by atoms with E-state index in [2.05, 4.69) is 4.90 Å². The molecular formula is C17H30N2O3S. The summed E-state index contributed by atoms with van der Waals surface area (Å²) in [6, 6.07) is 0.180. The SMILES string of the molecule is O=C(CN1CCCCC1)N(C1CCCCC1)[C@@H]1CCS(=O)(=O)C1. The van der Waals surface area contributed by atoms with Gasteiger partial charge in [-0.25, -0.2) is 8.42 Å². The Kier molecular flexibility index (Phi) is 5.62. The molecule has 1 aliphatic carbocycles. The first-order valence-electron chi connectivity index (χ1n) is 9.29. The van der Waals surface area contributed by atoms with Crippen LogP contribution in [0.25, 0.3) is 0 Å². The van der Waals surface area contributed by atoms with E-state index in [1.54, 1.807) is 0 Å². The standard InChI is InChI=1S/C17H30N2O3S/c20-17(13-18-10-5-2-6-11-18)19(15-7-3-1-4-8-15)16-9-12-23(21,22)14-16/h15-16H,1-14H2/t16-/m1/s1. The zero-order chi connectivity index (χ0) is 16.3. The molecule has 3 fully saturated rings. The van der Waals surface area contributed by atoms with Crippen molar-refractivity contribution in [2.24, 2.45) is 0 Å². The molecule has 2 heterocycles. The molecule has 2 aliphatic heterocycles. The summed E-state index contributed by atoms with van der Waals surface area (Å²) in [6.07, 6.45) is 9.90. The van der Waals surface area contributed by atoms with Crippen LogP contribution in [0.5, 0.6) is 0 Å². The number of likely N-dealkylation sites (tertiary alicyclic amines) is 1. The second-order valence-corrected chi connectivity index (χ2v) is 9.72. The number of carbonyl (C=O) groups excluding carboxylic acids is 1. The van der Waals surface area contributed by atoms with Crippen LogP contribution in [-0.4, -0.2) is 67.3 Å². The quantitative estimate of drug-likeness (QED) is 0.782. The van der Waals surface area contributed by atoms with Crippen molar-refractivity contribution in [2.45, 2.75) is 69.9 Å². The lowest BCUT2D eigenvalue weighted by Crippen LogP contribution is -2.52. The molecule has 0 aromatic rings. The van der Waals surface area contributed by atoms with Crippen LogP contribution in [0.1, 0.15) is 57.8 Å². The first-order valence-corrected chi connectivity index (χ1v) is 11.1. The summed E-state index contributed by atoms with van der Waals surface area (Å²) >= 11 is 0. The van der Waals surface area contributed by atoms with Gasteiger partial charge in [-0.15, -0.1) is 0 Å². The molecule has 1 atom stereocenters. The highest BCUT2D eigenvalue weighted by atomic mass is 32.2. The molecular weight excluding hydrogens is 312 g/mol. The zero-order valence-corrected chi connectivity index (χ0v) is 14.9. The summed E-state index contributed by atoms with van der Waals surface area (Å²) in [5.74, 6) is 0.591. The largest absolute Gasteiger partial charge is 0.335 e. The van der Waals surface area contributed by atoms with Gasteiger partial charge in [-0.2, -0.15) is 0 Å². The second-order valence-electron chi connectivity index (χ2n) is 7.49. The van der Waals surface area contributed by atoms with E-state index in [-0.39, 0.29) is 29.5 Å². The van der Waals surface area contributed by atoms with E-state index in [1.165, 1.54) is 25.7 Å². The predicted molar refractivity (Wildman–Crippen MR) is 91.1 cm³/mol. The molecule has 0 aromatic heterocycles. The molecule has 0 radical (unpaired) electrons. The van der Waals surface area contributed by atoms with E-state index in [4.69, 9.17) is 0 Å². The van der Waals surface area contributed by atoms with Crippen LogP contribution >= 0.6 is 0 Å². The topological polar surface area (TPSA) is 57.7 Å². The number of rotatable bonds is 4. The molecule has 3 rings (SSSR count). The summed E-state index contributed by atoms with van der Waals surface area (Å²) in [4.78, 5) is 17.3. The molecule has 1 amide bonds. The van der Waals surface area contributed by atoms with Crippen molar-refractivity contribution in [3.05, 3.63) is 0 Å². The summed E-state index contributed by atoms with van der Waals surface area (Å²) in [5, 5.41) is 0. The highest BCUT2D eigenvalue weighted by Crippen LogP contribution is 2.28. The monoisotopic (exact) mass is 342 g/mol. The van der Waals surface area contributed by atoms with Gasteiger partial charge in [-0.3, -0.25) is 9.69 Å². The van der Waals surface area contributed by atoms with Gasteiger partial charge in [0.05, 0.1) is 18.1 Å². The van der Waals surface area contributed by atoms with E-state index < -0.39 is 9.84 Å². The third-order valence-corrected chi connectivity index (χ3v) is 7.42. The van der Waals surface area contributed by atoms with Crippen molar-refractivity contribution in [2.75, 3.05) is 31.1 Å². The molecule has 132 valence electrons. The number of hydrogen-bond acceptors (Lipinski definition) is 4. The van der Waals surface area contributed by atoms with Crippen LogP contribution in [0.4, 0.5) is 0 Å². The van der Waals surface area contributed by atoms with Crippen molar-refractivity contribution in [3.8, 4) is 0 Å². The minimum Gasteiger partial charge on any atom is -0.335 e. The van der Waals surface area contributed by atoms with Gasteiger partial charge in [0.2, 0.25) is 5.91 Å². The number of hydrogen-bond donors (Lipinski definition) is 0. The fourth-order valence-electron chi connectivity index (χ4n) is 4.45. The van der Waals surface area contributed by atoms with Crippen molar-refractivity contribution in [3.63, 3.8) is 0 Å². The van der Waals surface area contributed by atoms with Crippen LogP contribution in [0.3, 0.4) is 0 Å². The Morgan fingerprint density at radius 2 is 1.57 bits per heavy atom. The summed E-state index contributed by atoms with van der Waals surface area (Å²) in [5.41, 5.74) is 0. The molecule has 0 bridgehead atoms. The molecule has 0 aromatic carbocycles. The molecule has 2 saturated heterocycles. The number of carbonyl (C=O) groups is 1. The van der Waals surface area contributed by atoms with E-state index in [9.17, 15) is 13.2 Å². The molecule has 6 heteroatoms. The van der Waals surface area contributed by atoms with Gasteiger partial charge in [0.15, 0.2) is 9.84 Å². The summed E-state index contributed by atoms with van der Waals surface area (Å²) < 4.78 is 23.8. The van der Waals surface area contributed by atoms with Gasteiger partial charge in [-0.1, -0.05) is 25.7 Å². The van der Waals surface area contributed by atoms with Crippen LogP contribution in [0.15, 0.2) is 0 Å². The van der Waals surface area contributed by atoms with E-state index >= 15 is 0 Å². The number of nitrogens with zero attached hydrogens (tertiary/aromatic N) is 2. The molecule has 23 heavy (non-hydrogen) atoms. The molecule has 0 spiro atoms. The van der Waals surface area contributed by atoms with Crippen LogP contribution in [0, 0.1) is 0 Å². The van der Waals surface area contributed by atoms with Crippen molar-refractivity contribution in [1.82, 2.24) is 9.80 Å². The Labute approximate surface area is 140 Å².